The van der Waals surface area contributed by atoms with Gasteiger partial charge in [-0.15, -0.1) is 0 Å². The first-order valence-corrected chi connectivity index (χ1v) is 11.3. The standard InChI is InChI=1S/C26H28N2S/c1-5-19(4)23-13-9-12-22(18(2)3)25(23)28-24(20-10-7-6-8-11-20)16-27-26(28)21-14-15-29-17-21/h6-19H,5H2,1-4H3. The first kappa shape index (κ1) is 19.7. The lowest BCUT2D eigenvalue weighted by Crippen LogP contribution is -2.10. The maximum absolute atomic E-state index is 4.91. The van der Waals surface area contributed by atoms with Gasteiger partial charge in [-0.2, -0.15) is 11.3 Å². The van der Waals surface area contributed by atoms with Crippen LogP contribution in [0.3, 0.4) is 0 Å². The molecule has 1 unspecified atom stereocenters. The molecule has 0 amide bonds. The number of para-hydroxylation sites is 1. The summed E-state index contributed by atoms with van der Waals surface area (Å²) in [5, 5.41) is 4.31. The van der Waals surface area contributed by atoms with Crippen LogP contribution < -0.4 is 0 Å². The molecule has 0 aliphatic rings. The zero-order valence-electron chi connectivity index (χ0n) is 17.6. The number of aromatic nitrogens is 2. The van der Waals surface area contributed by atoms with Gasteiger partial charge in [0.15, 0.2) is 0 Å². The summed E-state index contributed by atoms with van der Waals surface area (Å²) in [5.74, 6) is 1.92. The van der Waals surface area contributed by atoms with E-state index in [-0.39, 0.29) is 0 Å². The fourth-order valence-electron chi connectivity index (χ4n) is 3.91. The highest BCUT2D eigenvalue weighted by Crippen LogP contribution is 2.38. The molecular weight excluding hydrogens is 372 g/mol. The number of thiophene rings is 1. The molecule has 2 heterocycles. The quantitative estimate of drug-likeness (QED) is 0.321. The Morgan fingerprint density at radius 2 is 1.66 bits per heavy atom. The Balaban J connectivity index is 2.08. The average Bonchev–Trinajstić information content (AvgIpc) is 3.42. The molecule has 0 fully saturated rings. The van der Waals surface area contributed by atoms with Crippen molar-refractivity contribution in [3.05, 3.63) is 82.7 Å². The number of rotatable bonds is 6. The molecule has 2 nitrogen and oxygen atoms in total. The summed E-state index contributed by atoms with van der Waals surface area (Å²) >= 11 is 1.72. The lowest BCUT2D eigenvalue weighted by Gasteiger charge is -2.24. The highest BCUT2D eigenvalue weighted by Gasteiger charge is 2.23. The fourth-order valence-corrected chi connectivity index (χ4v) is 4.54. The van der Waals surface area contributed by atoms with Gasteiger partial charge in [0.2, 0.25) is 0 Å². The van der Waals surface area contributed by atoms with Crippen LogP contribution in [0.5, 0.6) is 0 Å². The summed E-state index contributed by atoms with van der Waals surface area (Å²) in [7, 11) is 0. The van der Waals surface area contributed by atoms with Crippen molar-refractivity contribution in [1.29, 1.82) is 0 Å². The van der Waals surface area contributed by atoms with Crippen LogP contribution in [-0.4, -0.2) is 9.55 Å². The van der Waals surface area contributed by atoms with Gasteiger partial charge in [0.25, 0.3) is 0 Å². The first-order valence-electron chi connectivity index (χ1n) is 10.4. The molecule has 0 aliphatic carbocycles. The molecule has 0 spiro atoms. The zero-order chi connectivity index (χ0) is 20.4. The summed E-state index contributed by atoms with van der Waals surface area (Å²) < 4.78 is 2.40. The summed E-state index contributed by atoms with van der Waals surface area (Å²) in [5.41, 5.74) is 7.57. The van der Waals surface area contributed by atoms with Crippen LogP contribution in [0, 0.1) is 0 Å². The van der Waals surface area contributed by atoms with E-state index in [0.717, 1.165) is 17.9 Å². The third-order valence-corrected chi connectivity index (χ3v) is 6.38. The van der Waals surface area contributed by atoms with E-state index in [1.54, 1.807) is 11.3 Å². The molecule has 0 saturated carbocycles. The molecule has 0 saturated heterocycles. The molecule has 0 N–H and O–H groups in total. The van der Waals surface area contributed by atoms with E-state index in [1.165, 1.54) is 27.9 Å². The van der Waals surface area contributed by atoms with Crippen molar-refractivity contribution < 1.29 is 0 Å². The third-order valence-electron chi connectivity index (χ3n) is 5.70. The van der Waals surface area contributed by atoms with E-state index in [1.807, 2.05) is 6.20 Å². The molecule has 3 heteroatoms. The minimum Gasteiger partial charge on any atom is -0.292 e. The molecule has 4 rings (SSSR count). The summed E-state index contributed by atoms with van der Waals surface area (Å²) in [6.45, 7) is 9.15. The molecule has 148 valence electrons. The van der Waals surface area contributed by atoms with Crippen LogP contribution in [0.15, 0.2) is 71.6 Å². The van der Waals surface area contributed by atoms with Crippen molar-refractivity contribution in [1.82, 2.24) is 9.55 Å². The molecule has 29 heavy (non-hydrogen) atoms. The maximum atomic E-state index is 4.91. The Bertz CT molecular complexity index is 1080. The van der Waals surface area contributed by atoms with Crippen LogP contribution in [0.4, 0.5) is 0 Å². The summed E-state index contributed by atoms with van der Waals surface area (Å²) in [6.07, 6.45) is 3.14. The largest absolute Gasteiger partial charge is 0.292 e. The molecule has 2 aromatic carbocycles. The molecule has 0 radical (unpaired) electrons. The van der Waals surface area contributed by atoms with Crippen molar-refractivity contribution in [3.8, 4) is 28.3 Å². The van der Waals surface area contributed by atoms with E-state index in [0.29, 0.717) is 11.8 Å². The number of nitrogens with zero attached hydrogens (tertiary/aromatic N) is 2. The van der Waals surface area contributed by atoms with Crippen LogP contribution in [-0.2, 0) is 0 Å². The Kier molecular flexibility index (Phi) is 5.68. The minimum absolute atomic E-state index is 0.426. The van der Waals surface area contributed by atoms with Gasteiger partial charge in [0.05, 0.1) is 17.6 Å². The highest BCUT2D eigenvalue weighted by atomic mass is 32.1. The van der Waals surface area contributed by atoms with Crippen molar-refractivity contribution >= 4 is 11.3 Å². The Hall–Kier alpha value is -2.65. The summed E-state index contributed by atoms with van der Waals surface area (Å²) in [4.78, 5) is 4.91. The van der Waals surface area contributed by atoms with Crippen molar-refractivity contribution in [2.75, 3.05) is 0 Å². The number of benzene rings is 2. The second-order valence-electron chi connectivity index (χ2n) is 7.93. The zero-order valence-corrected chi connectivity index (χ0v) is 18.4. The Labute approximate surface area is 177 Å². The number of hydrogen-bond acceptors (Lipinski definition) is 2. The predicted molar refractivity (Wildman–Crippen MR) is 125 cm³/mol. The SMILES string of the molecule is CCC(C)c1cccc(C(C)C)c1-n1c(-c2ccccc2)cnc1-c1ccsc1. The van der Waals surface area contributed by atoms with Crippen molar-refractivity contribution in [2.45, 2.75) is 46.0 Å². The van der Waals surface area contributed by atoms with E-state index in [4.69, 9.17) is 4.98 Å². The predicted octanol–water partition coefficient (Wildman–Crippen LogP) is 7.90. The summed E-state index contributed by atoms with van der Waals surface area (Å²) in [6, 6.07) is 19.6. The van der Waals surface area contributed by atoms with Crippen LogP contribution >= 0.6 is 11.3 Å². The number of hydrogen-bond donors (Lipinski definition) is 0. The molecule has 0 bridgehead atoms. The second kappa shape index (κ2) is 8.38. The lowest BCUT2D eigenvalue weighted by atomic mass is 9.90. The van der Waals surface area contributed by atoms with Crippen molar-refractivity contribution in [3.63, 3.8) is 0 Å². The van der Waals surface area contributed by atoms with E-state index in [9.17, 15) is 0 Å². The molecule has 1 atom stereocenters. The third kappa shape index (κ3) is 3.67. The van der Waals surface area contributed by atoms with Crippen molar-refractivity contribution in [2.24, 2.45) is 0 Å². The van der Waals surface area contributed by atoms with Crippen LogP contribution in [0.1, 0.15) is 57.1 Å². The maximum Gasteiger partial charge on any atom is 0.145 e. The highest BCUT2D eigenvalue weighted by molar-refractivity contribution is 7.08. The van der Waals surface area contributed by atoms with E-state index in [2.05, 4.69) is 97.6 Å². The molecule has 2 aromatic heterocycles. The Morgan fingerprint density at radius 1 is 0.897 bits per heavy atom. The van der Waals surface area contributed by atoms with Gasteiger partial charge in [0.1, 0.15) is 5.82 Å². The number of imidazole rings is 1. The average molecular weight is 401 g/mol. The van der Waals surface area contributed by atoms with Gasteiger partial charge in [-0.1, -0.05) is 76.2 Å². The van der Waals surface area contributed by atoms with Gasteiger partial charge >= 0.3 is 0 Å². The van der Waals surface area contributed by atoms with E-state index >= 15 is 0 Å². The van der Waals surface area contributed by atoms with E-state index < -0.39 is 0 Å². The lowest BCUT2D eigenvalue weighted by molar-refractivity contribution is 0.720. The molecule has 0 aliphatic heterocycles. The monoisotopic (exact) mass is 400 g/mol. The first-order chi connectivity index (χ1) is 14.1. The Morgan fingerprint density at radius 3 is 2.31 bits per heavy atom. The molecular formula is C26H28N2S. The topological polar surface area (TPSA) is 17.8 Å². The second-order valence-corrected chi connectivity index (χ2v) is 8.71. The normalized spacial score (nSPS) is 12.4. The van der Waals surface area contributed by atoms with Gasteiger partial charge in [-0.25, -0.2) is 4.98 Å². The van der Waals surface area contributed by atoms with Crippen LogP contribution in [0.2, 0.25) is 0 Å². The molecule has 4 aromatic rings. The minimum atomic E-state index is 0.426. The van der Waals surface area contributed by atoms with Gasteiger partial charge < -0.3 is 0 Å². The van der Waals surface area contributed by atoms with Gasteiger partial charge in [0, 0.05) is 16.5 Å². The van der Waals surface area contributed by atoms with Gasteiger partial charge in [-0.05, 0) is 40.8 Å². The van der Waals surface area contributed by atoms with Gasteiger partial charge in [-0.3, -0.25) is 4.57 Å². The smallest absolute Gasteiger partial charge is 0.145 e. The van der Waals surface area contributed by atoms with Crippen LogP contribution in [0.25, 0.3) is 28.3 Å². The fraction of sp³-hybridized carbons (Fsp3) is 0.269.